The molecule has 0 atom stereocenters. The summed E-state index contributed by atoms with van der Waals surface area (Å²) >= 11 is 7.52. The van der Waals surface area contributed by atoms with Crippen LogP contribution in [0.5, 0.6) is 0 Å². The van der Waals surface area contributed by atoms with Crippen molar-refractivity contribution in [1.29, 1.82) is 0 Å². The zero-order valence-electron chi connectivity index (χ0n) is 17.5. The highest BCUT2D eigenvalue weighted by atomic mass is 35.5. The topological polar surface area (TPSA) is 71.0 Å². The molecule has 164 valence electrons. The smallest absolute Gasteiger partial charge is 0.283 e. The zero-order chi connectivity index (χ0) is 22.1. The van der Waals surface area contributed by atoms with Gasteiger partial charge in [-0.15, -0.1) is 0 Å². The lowest BCUT2D eigenvalue weighted by molar-refractivity contribution is -0.128. The summed E-state index contributed by atoms with van der Waals surface area (Å²) in [6.07, 6.45) is 4.43. The average Bonchev–Trinajstić information content (AvgIpc) is 2.96. The fraction of sp³-hybridized carbons (Fsp3) is 0.292. The number of carbonyl (C=O) groups excluding carboxylic acids is 1. The Morgan fingerprint density at radius 2 is 1.84 bits per heavy atom. The van der Waals surface area contributed by atoms with Gasteiger partial charge in [0.25, 0.3) is 5.56 Å². The molecular weight excluding hydrogens is 444 g/mol. The number of nitrogens with zero attached hydrogens (tertiary/aromatic N) is 3. The summed E-state index contributed by atoms with van der Waals surface area (Å²) in [5.41, 5.74) is 2.33. The zero-order valence-corrected chi connectivity index (χ0v) is 19.1. The van der Waals surface area contributed by atoms with Crippen molar-refractivity contribution >= 4 is 51.2 Å². The highest BCUT2D eigenvalue weighted by molar-refractivity contribution is 7.99. The molecule has 4 aromatic rings. The van der Waals surface area contributed by atoms with Gasteiger partial charge in [0, 0.05) is 29.0 Å². The van der Waals surface area contributed by atoms with Crippen molar-refractivity contribution in [3.8, 4) is 5.69 Å². The second-order valence-electron chi connectivity index (χ2n) is 7.99. The molecular formula is C24H23ClN4O2S. The van der Waals surface area contributed by atoms with E-state index >= 15 is 0 Å². The van der Waals surface area contributed by atoms with Crippen LogP contribution in [-0.2, 0) is 4.79 Å². The molecule has 1 N–H and O–H groups in total. The van der Waals surface area contributed by atoms with Gasteiger partial charge in [0.15, 0.2) is 5.16 Å². The molecule has 2 aromatic heterocycles. The fourth-order valence-electron chi connectivity index (χ4n) is 4.22. The van der Waals surface area contributed by atoms with Crippen LogP contribution in [0.3, 0.4) is 0 Å². The number of thioether (sulfide) groups is 1. The molecule has 1 amide bonds. The van der Waals surface area contributed by atoms with E-state index in [2.05, 4.69) is 4.98 Å². The number of rotatable bonds is 4. The van der Waals surface area contributed by atoms with Gasteiger partial charge >= 0.3 is 0 Å². The first-order chi connectivity index (χ1) is 15.6. The van der Waals surface area contributed by atoms with Gasteiger partial charge < -0.3 is 9.88 Å². The van der Waals surface area contributed by atoms with Gasteiger partial charge in [-0.05, 0) is 37.1 Å². The van der Waals surface area contributed by atoms with E-state index in [0.717, 1.165) is 36.8 Å². The first-order valence-electron chi connectivity index (χ1n) is 10.8. The van der Waals surface area contributed by atoms with Crippen LogP contribution in [0, 0.1) is 0 Å². The number of benzene rings is 2. The maximum Gasteiger partial charge on any atom is 0.283 e. The molecule has 0 saturated carbocycles. The summed E-state index contributed by atoms with van der Waals surface area (Å²) < 4.78 is 1.55. The molecule has 0 radical (unpaired) electrons. The molecule has 8 heteroatoms. The molecule has 5 rings (SSSR count). The minimum Gasteiger partial charge on any atom is -0.349 e. The molecule has 32 heavy (non-hydrogen) atoms. The third-order valence-corrected chi connectivity index (χ3v) is 7.00. The molecule has 0 spiro atoms. The van der Waals surface area contributed by atoms with Crippen LogP contribution in [0.15, 0.2) is 58.5 Å². The van der Waals surface area contributed by atoms with E-state index < -0.39 is 0 Å². The minimum atomic E-state index is -0.210. The molecule has 2 aromatic carbocycles. The number of amides is 1. The van der Waals surface area contributed by atoms with Gasteiger partial charge in [-0.3, -0.25) is 14.2 Å². The van der Waals surface area contributed by atoms with Crippen molar-refractivity contribution < 1.29 is 4.79 Å². The number of halogens is 1. The van der Waals surface area contributed by atoms with E-state index in [1.54, 1.807) is 22.8 Å². The van der Waals surface area contributed by atoms with Crippen LogP contribution in [-0.4, -0.2) is 44.2 Å². The SMILES string of the molecule is O=C(CSc1nc2c([nH]c3ccccc32)c(=O)n1-c1cccc(Cl)c1)N1CCCCCC1. The quantitative estimate of drug-likeness (QED) is 0.339. The monoisotopic (exact) mass is 466 g/mol. The molecule has 3 heterocycles. The summed E-state index contributed by atoms with van der Waals surface area (Å²) in [4.78, 5) is 36.5. The van der Waals surface area contributed by atoms with Crippen LogP contribution < -0.4 is 5.56 Å². The second-order valence-corrected chi connectivity index (χ2v) is 9.37. The number of H-pyrrole nitrogens is 1. The number of para-hydroxylation sites is 1. The molecule has 1 aliphatic heterocycles. The van der Waals surface area contributed by atoms with Crippen LogP contribution >= 0.6 is 23.4 Å². The van der Waals surface area contributed by atoms with Gasteiger partial charge in [0.2, 0.25) is 5.91 Å². The summed E-state index contributed by atoms with van der Waals surface area (Å²) in [7, 11) is 0. The highest BCUT2D eigenvalue weighted by Crippen LogP contribution is 2.27. The molecule has 1 aliphatic rings. The molecule has 0 unspecified atom stereocenters. The van der Waals surface area contributed by atoms with Crippen LogP contribution in [0.4, 0.5) is 0 Å². The Kier molecular flexibility index (Phi) is 5.93. The molecule has 1 fully saturated rings. The Balaban J connectivity index is 1.59. The van der Waals surface area contributed by atoms with Crippen molar-refractivity contribution in [1.82, 2.24) is 19.4 Å². The van der Waals surface area contributed by atoms with Gasteiger partial charge in [-0.2, -0.15) is 0 Å². The maximum absolute atomic E-state index is 13.6. The Morgan fingerprint density at radius 1 is 1.06 bits per heavy atom. The van der Waals surface area contributed by atoms with E-state index in [4.69, 9.17) is 16.6 Å². The Bertz CT molecular complexity index is 1360. The lowest BCUT2D eigenvalue weighted by Crippen LogP contribution is -2.33. The predicted octanol–water partition coefficient (Wildman–Crippen LogP) is 5.02. The van der Waals surface area contributed by atoms with Crippen LogP contribution in [0.25, 0.3) is 27.6 Å². The van der Waals surface area contributed by atoms with Crippen molar-refractivity contribution in [3.05, 3.63) is 63.9 Å². The van der Waals surface area contributed by atoms with Crippen LogP contribution in [0.2, 0.25) is 5.02 Å². The van der Waals surface area contributed by atoms with Gasteiger partial charge in [-0.1, -0.05) is 60.5 Å². The summed E-state index contributed by atoms with van der Waals surface area (Å²) in [6, 6.07) is 14.8. The summed E-state index contributed by atoms with van der Waals surface area (Å²) in [5, 5.41) is 1.90. The fourth-order valence-corrected chi connectivity index (χ4v) is 5.31. The van der Waals surface area contributed by atoms with E-state index in [1.165, 1.54) is 24.6 Å². The lowest BCUT2D eigenvalue weighted by Gasteiger charge is -2.20. The van der Waals surface area contributed by atoms with E-state index in [1.807, 2.05) is 35.2 Å². The van der Waals surface area contributed by atoms with Gasteiger partial charge in [0.1, 0.15) is 11.0 Å². The number of fused-ring (bicyclic) bond motifs is 3. The Morgan fingerprint density at radius 3 is 2.62 bits per heavy atom. The number of likely N-dealkylation sites (tertiary alicyclic amines) is 1. The van der Waals surface area contributed by atoms with E-state index in [-0.39, 0.29) is 17.2 Å². The van der Waals surface area contributed by atoms with Gasteiger partial charge in [-0.25, -0.2) is 4.98 Å². The normalized spacial score (nSPS) is 14.7. The standard InChI is InChI=1S/C24H23ClN4O2S/c25-16-8-7-9-17(14-16)29-23(31)22-21(18-10-3-4-11-19(18)26-22)27-24(29)32-15-20(30)28-12-5-1-2-6-13-28/h3-4,7-11,14,26H,1-2,5-6,12-13,15H2. The molecule has 0 bridgehead atoms. The summed E-state index contributed by atoms with van der Waals surface area (Å²) in [5.74, 6) is 0.323. The highest BCUT2D eigenvalue weighted by Gasteiger charge is 2.20. The number of nitrogens with one attached hydrogen (secondary N) is 1. The van der Waals surface area contributed by atoms with Crippen LogP contribution in [0.1, 0.15) is 25.7 Å². The van der Waals surface area contributed by atoms with Gasteiger partial charge in [0.05, 0.1) is 11.4 Å². The molecule has 0 aliphatic carbocycles. The number of hydrogen-bond donors (Lipinski definition) is 1. The minimum absolute atomic E-state index is 0.0859. The molecule has 6 nitrogen and oxygen atoms in total. The Labute approximate surface area is 194 Å². The third-order valence-electron chi connectivity index (χ3n) is 5.84. The first-order valence-corrected chi connectivity index (χ1v) is 12.2. The number of carbonyl (C=O) groups is 1. The third kappa shape index (κ3) is 4.02. The van der Waals surface area contributed by atoms with Crippen molar-refractivity contribution in [3.63, 3.8) is 0 Å². The average molecular weight is 467 g/mol. The summed E-state index contributed by atoms with van der Waals surface area (Å²) in [6.45, 7) is 1.60. The number of aromatic nitrogens is 3. The lowest BCUT2D eigenvalue weighted by atomic mass is 10.2. The predicted molar refractivity (Wildman–Crippen MR) is 130 cm³/mol. The maximum atomic E-state index is 13.6. The van der Waals surface area contributed by atoms with E-state index in [0.29, 0.717) is 26.9 Å². The van der Waals surface area contributed by atoms with Crippen molar-refractivity contribution in [2.75, 3.05) is 18.8 Å². The first kappa shape index (κ1) is 21.1. The van der Waals surface area contributed by atoms with Crippen molar-refractivity contribution in [2.24, 2.45) is 0 Å². The molecule has 1 saturated heterocycles. The number of hydrogen-bond acceptors (Lipinski definition) is 4. The van der Waals surface area contributed by atoms with E-state index in [9.17, 15) is 9.59 Å². The van der Waals surface area contributed by atoms with Crippen molar-refractivity contribution in [2.45, 2.75) is 30.8 Å². The number of aromatic amines is 1. The second kappa shape index (κ2) is 9.00. The largest absolute Gasteiger partial charge is 0.349 e. The Hall–Kier alpha value is -2.77.